The van der Waals surface area contributed by atoms with E-state index in [4.69, 9.17) is 10.5 Å². The predicted molar refractivity (Wildman–Crippen MR) is 131 cm³/mol. The summed E-state index contributed by atoms with van der Waals surface area (Å²) in [4.78, 5) is 27.0. The number of para-hydroxylation sites is 1. The van der Waals surface area contributed by atoms with Gasteiger partial charge in [0, 0.05) is 17.9 Å². The van der Waals surface area contributed by atoms with Crippen molar-refractivity contribution in [1.29, 1.82) is 0 Å². The molecule has 0 bridgehead atoms. The van der Waals surface area contributed by atoms with E-state index in [1.165, 1.54) is 17.0 Å². The van der Waals surface area contributed by atoms with Crippen LogP contribution in [0.25, 0.3) is 5.69 Å². The lowest BCUT2D eigenvalue weighted by Crippen LogP contribution is -2.39. The molecule has 10 nitrogen and oxygen atoms in total. The second kappa shape index (κ2) is 11.0. The Morgan fingerprint density at radius 3 is 2.46 bits per heavy atom. The first-order valence-electron chi connectivity index (χ1n) is 11.4. The van der Waals surface area contributed by atoms with E-state index in [0.29, 0.717) is 21.5 Å². The first-order valence-corrected chi connectivity index (χ1v) is 11.4. The molecule has 0 aliphatic rings. The largest absolute Gasteiger partial charge is 0.457 e. The highest BCUT2D eigenvalue weighted by Gasteiger charge is 2.26. The smallest absolute Gasteiger partial charge is 0.372 e. The SMILES string of the molecule is CCCN(c1ccc(N)c(C(=O)OCc2ccccc2)c1)C(O)n1nnn(-c2c(F)cccc2F)c1=O. The molecule has 12 heteroatoms. The number of aliphatic hydroxyl groups excluding tert-OH is 1. The summed E-state index contributed by atoms with van der Waals surface area (Å²) in [5, 5.41) is 18.2. The number of aliphatic hydroxyl groups is 1. The van der Waals surface area contributed by atoms with Crippen molar-refractivity contribution in [3.63, 3.8) is 0 Å². The van der Waals surface area contributed by atoms with Crippen molar-refractivity contribution in [3.8, 4) is 5.69 Å². The molecule has 3 aromatic carbocycles. The molecular formula is C25H24F2N6O4. The Kier molecular flexibility index (Phi) is 7.58. The molecule has 0 saturated carbocycles. The van der Waals surface area contributed by atoms with Crippen molar-refractivity contribution in [3.05, 3.63) is 100.0 Å². The Bertz CT molecular complexity index is 1440. The number of benzene rings is 3. The summed E-state index contributed by atoms with van der Waals surface area (Å²) in [6.07, 6.45) is -1.19. The molecule has 4 aromatic rings. The van der Waals surface area contributed by atoms with Crippen LogP contribution in [0.3, 0.4) is 0 Å². The number of esters is 1. The van der Waals surface area contributed by atoms with E-state index in [2.05, 4.69) is 10.4 Å². The number of carbonyl (C=O) groups excluding carboxylic acids is 1. The Morgan fingerprint density at radius 1 is 1.08 bits per heavy atom. The highest BCUT2D eigenvalue weighted by Crippen LogP contribution is 2.26. The molecule has 192 valence electrons. The zero-order valence-electron chi connectivity index (χ0n) is 19.8. The van der Waals surface area contributed by atoms with Crippen molar-refractivity contribution < 1.29 is 23.4 Å². The zero-order valence-corrected chi connectivity index (χ0v) is 19.8. The maximum Gasteiger partial charge on any atom is 0.372 e. The van der Waals surface area contributed by atoms with Crippen molar-refractivity contribution in [1.82, 2.24) is 19.8 Å². The van der Waals surface area contributed by atoms with Gasteiger partial charge in [0.15, 0.2) is 11.6 Å². The van der Waals surface area contributed by atoms with Crippen LogP contribution in [0.2, 0.25) is 0 Å². The minimum atomic E-state index is -1.71. The van der Waals surface area contributed by atoms with Gasteiger partial charge in [-0.1, -0.05) is 43.3 Å². The van der Waals surface area contributed by atoms with Gasteiger partial charge in [0.05, 0.1) is 5.56 Å². The predicted octanol–water partition coefficient (Wildman–Crippen LogP) is 3.01. The molecule has 37 heavy (non-hydrogen) atoms. The number of carbonyl (C=O) groups is 1. The number of nitrogen functional groups attached to an aromatic ring is 1. The number of hydrogen-bond acceptors (Lipinski definition) is 8. The van der Waals surface area contributed by atoms with Crippen molar-refractivity contribution >= 4 is 17.3 Å². The number of hydrogen-bond donors (Lipinski definition) is 2. The summed E-state index contributed by atoms with van der Waals surface area (Å²) in [6, 6.07) is 16.6. The average Bonchev–Trinajstić information content (AvgIpc) is 3.27. The summed E-state index contributed by atoms with van der Waals surface area (Å²) in [6.45, 7) is 2.09. The van der Waals surface area contributed by atoms with Crippen molar-refractivity contribution in [2.24, 2.45) is 0 Å². The van der Waals surface area contributed by atoms with Crippen LogP contribution >= 0.6 is 0 Å². The van der Waals surface area contributed by atoms with Gasteiger partial charge in [-0.2, -0.15) is 4.68 Å². The van der Waals surface area contributed by atoms with E-state index in [0.717, 1.165) is 23.8 Å². The number of rotatable bonds is 9. The van der Waals surface area contributed by atoms with Crippen molar-refractivity contribution in [2.45, 2.75) is 26.3 Å². The molecule has 0 saturated heterocycles. The van der Waals surface area contributed by atoms with E-state index in [1.54, 1.807) is 6.07 Å². The fraction of sp³-hybridized carbons (Fsp3) is 0.200. The average molecular weight is 511 g/mol. The standard InChI is InChI=1S/C25H24F2N6O4/c1-2-13-31(24(35)33-25(36)32(29-30-33)22-19(26)9-6-10-20(22)27)17-11-12-21(28)18(14-17)23(34)37-15-16-7-4-3-5-8-16/h3-12,14,24,35H,2,13,15,28H2,1H3. The lowest BCUT2D eigenvalue weighted by atomic mass is 10.1. The van der Waals surface area contributed by atoms with Gasteiger partial charge < -0.3 is 20.5 Å². The van der Waals surface area contributed by atoms with E-state index in [-0.39, 0.29) is 24.4 Å². The van der Waals surface area contributed by atoms with Crippen LogP contribution in [0, 0.1) is 11.6 Å². The summed E-state index contributed by atoms with van der Waals surface area (Å²) < 4.78 is 34.8. The lowest BCUT2D eigenvalue weighted by Gasteiger charge is -2.29. The number of tetrazole rings is 1. The Morgan fingerprint density at radius 2 is 1.78 bits per heavy atom. The molecule has 4 rings (SSSR count). The lowest BCUT2D eigenvalue weighted by molar-refractivity contribution is 0.0473. The van der Waals surface area contributed by atoms with E-state index >= 15 is 0 Å². The third kappa shape index (κ3) is 5.33. The monoisotopic (exact) mass is 510 g/mol. The Balaban J connectivity index is 1.63. The topological polar surface area (TPSA) is 128 Å². The molecule has 0 aliphatic heterocycles. The number of halogens is 2. The van der Waals surface area contributed by atoms with Gasteiger partial charge in [-0.05, 0) is 52.7 Å². The van der Waals surface area contributed by atoms with Crippen LogP contribution in [0.15, 0.2) is 71.5 Å². The molecule has 1 unspecified atom stereocenters. The molecule has 1 aromatic heterocycles. The van der Waals surface area contributed by atoms with Gasteiger partial charge in [0.1, 0.15) is 12.3 Å². The molecule has 1 atom stereocenters. The van der Waals surface area contributed by atoms with E-state index < -0.39 is 35.3 Å². The van der Waals surface area contributed by atoms with Gasteiger partial charge in [0.2, 0.25) is 6.35 Å². The van der Waals surface area contributed by atoms with Crippen LogP contribution in [0.4, 0.5) is 20.2 Å². The maximum absolute atomic E-state index is 14.2. The summed E-state index contributed by atoms with van der Waals surface area (Å²) in [5.41, 5.74) is 5.56. The fourth-order valence-corrected chi connectivity index (χ4v) is 3.68. The molecule has 0 radical (unpaired) electrons. The van der Waals surface area contributed by atoms with Crippen LogP contribution < -0.4 is 16.3 Å². The quantitative estimate of drug-likeness (QED) is 0.200. The zero-order chi connectivity index (χ0) is 26.5. The van der Waals surface area contributed by atoms with Gasteiger partial charge in [-0.25, -0.2) is 18.4 Å². The molecule has 3 N–H and O–H groups in total. The number of anilines is 2. The minimum absolute atomic E-state index is 0.0374. The number of nitrogens with zero attached hydrogens (tertiary/aromatic N) is 5. The van der Waals surface area contributed by atoms with E-state index in [9.17, 15) is 23.5 Å². The summed E-state index contributed by atoms with van der Waals surface area (Å²) >= 11 is 0. The third-order valence-electron chi connectivity index (χ3n) is 5.52. The summed E-state index contributed by atoms with van der Waals surface area (Å²) in [7, 11) is 0. The first-order chi connectivity index (χ1) is 17.8. The van der Waals surface area contributed by atoms with Gasteiger partial charge in [-0.15, -0.1) is 4.68 Å². The van der Waals surface area contributed by atoms with Crippen LogP contribution in [0.1, 0.15) is 35.6 Å². The highest BCUT2D eigenvalue weighted by molar-refractivity contribution is 5.96. The normalized spacial score (nSPS) is 11.8. The fourth-order valence-electron chi connectivity index (χ4n) is 3.68. The van der Waals surface area contributed by atoms with Crippen LogP contribution in [-0.4, -0.2) is 37.4 Å². The summed E-state index contributed by atoms with van der Waals surface area (Å²) in [5.74, 6) is -2.72. The molecule has 0 amide bonds. The molecule has 0 aliphatic carbocycles. The van der Waals surface area contributed by atoms with Gasteiger partial charge in [0.25, 0.3) is 0 Å². The molecule has 1 heterocycles. The second-order valence-electron chi connectivity index (χ2n) is 8.06. The van der Waals surface area contributed by atoms with Crippen molar-refractivity contribution in [2.75, 3.05) is 17.2 Å². The Labute approximate surface area is 210 Å². The van der Waals surface area contributed by atoms with Crippen LogP contribution in [0.5, 0.6) is 0 Å². The highest BCUT2D eigenvalue weighted by atomic mass is 19.1. The number of aromatic nitrogens is 4. The minimum Gasteiger partial charge on any atom is -0.457 e. The number of nitrogens with two attached hydrogens (primary N) is 1. The first kappa shape index (κ1) is 25.5. The third-order valence-corrected chi connectivity index (χ3v) is 5.52. The van der Waals surface area contributed by atoms with E-state index in [1.807, 2.05) is 37.3 Å². The van der Waals surface area contributed by atoms with Gasteiger partial charge in [-0.3, -0.25) is 0 Å². The molecular weight excluding hydrogens is 486 g/mol. The molecule has 0 fully saturated rings. The Hall–Kier alpha value is -4.58. The second-order valence-corrected chi connectivity index (χ2v) is 8.06. The number of ether oxygens (including phenoxy) is 1. The van der Waals surface area contributed by atoms with Crippen LogP contribution in [-0.2, 0) is 11.3 Å². The van der Waals surface area contributed by atoms with Gasteiger partial charge >= 0.3 is 11.7 Å². The molecule has 0 spiro atoms. The maximum atomic E-state index is 14.2.